The zero-order chi connectivity index (χ0) is 14.9. The van der Waals surface area contributed by atoms with Gasteiger partial charge in [0.05, 0.1) is 11.9 Å². The molecule has 4 N–H and O–H groups in total. The maximum atomic E-state index is 10.1. The summed E-state index contributed by atoms with van der Waals surface area (Å²) in [5.41, 5.74) is 10.4. The van der Waals surface area contributed by atoms with Crippen molar-refractivity contribution in [2.24, 2.45) is 23.3 Å². The van der Waals surface area contributed by atoms with Gasteiger partial charge in [-0.2, -0.15) is 0 Å². The van der Waals surface area contributed by atoms with Gasteiger partial charge in [-0.1, -0.05) is 40.5 Å². The van der Waals surface area contributed by atoms with Crippen molar-refractivity contribution < 1.29 is 19.8 Å². The Bertz CT molecular complexity index is 238. The van der Waals surface area contributed by atoms with Gasteiger partial charge in [0.15, 0.2) is 0 Å². The molecule has 0 aromatic heterocycles. The van der Waals surface area contributed by atoms with E-state index in [9.17, 15) is 19.8 Å². The number of nitrogens with two attached hydrogens (primary N) is 2. The molecular weight excluding hydrogens is 260 g/mol. The van der Waals surface area contributed by atoms with Gasteiger partial charge < -0.3 is 31.3 Å². The third-order valence-electron chi connectivity index (χ3n) is 3.06. The normalized spacial score (nSPS) is 15.9. The average molecular weight is 285 g/mol. The van der Waals surface area contributed by atoms with Crippen LogP contribution in [0.2, 0.25) is 0 Å². The van der Waals surface area contributed by atoms with E-state index in [0.29, 0.717) is 0 Å². The van der Waals surface area contributed by atoms with E-state index < -0.39 is 24.0 Å². The summed E-state index contributed by atoms with van der Waals surface area (Å²) in [4.78, 5) is 20.1. The Morgan fingerprint density at radius 3 is 1.16 bits per heavy atom. The molecule has 19 heavy (non-hydrogen) atoms. The summed E-state index contributed by atoms with van der Waals surface area (Å²) in [6, 6.07) is -1.62. The topological polar surface area (TPSA) is 132 Å². The number of rotatable bonds is 6. The van der Waals surface area contributed by atoms with Gasteiger partial charge in [0.2, 0.25) is 0 Å². The van der Waals surface area contributed by atoms with Crippen molar-refractivity contribution in [2.75, 3.05) is 0 Å². The summed E-state index contributed by atoms with van der Waals surface area (Å²) in [6.45, 7) is 7.38. The fourth-order valence-corrected chi connectivity index (χ4v) is 0.972. The largest absolute Gasteiger partial charge is 2.00 e. The van der Waals surface area contributed by atoms with Crippen molar-refractivity contribution in [3.8, 4) is 0 Å². The molecule has 0 aromatic rings. The summed E-state index contributed by atoms with van der Waals surface area (Å²) in [7, 11) is 0. The first-order valence-corrected chi connectivity index (χ1v) is 6.11. The van der Waals surface area contributed by atoms with Gasteiger partial charge in [0, 0.05) is 12.1 Å². The maximum Gasteiger partial charge on any atom is 2.00 e. The summed E-state index contributed by atoms with van der Waals surface area (Å²) >= 11 is 0. The smallest absolute Gasteiger partial charge is 0.548 e. The molecule has 0 heterocycles. The third-order valence-corrected chi connectivity index (χ3v) is 3.06. The van der Waals surface area contributed by atoms with Crippen molar-refractivity contribution in [1.82, 2.24) is 0 Å². The van der Waals surface area contributed by atoms with Crippen LogP contribution in [0.1, 0.15) is 40.5 Å². The molecule has 108 valence electrons. The second-order valence-corrected chi connectivity index (χ2v) is 4.46. The number of aliphatic carboxylic acids is 2. The molecule has 0 saturated heterocycles. The van der Waals surface area contributed by atoms with E-state index in [-0.39, 0.29) is 34.9 Å². The van der Waals surface area contributed by atoms with E-state index in [4.69, 9.17) is 11.5 Å². The maximum absolute atomic E-state index is 10.1. The molecule has 0 aliphatic rings. The number of carbonyl (C=O) groups is 2. The molecule has 0 saturated carbocycles. The number of carboxylic acid groups (broad SMARTS) is 2. The van der Waals surface area contributed by atoms with Gasteiger partial charge in [-0.25, -0.2) is 0 Å². The fraction of sp³-hybridized carbons (Fsp3) is 0.833. The monoisotopic (exact) mass is 284 g/mol. The molecule has 0 aliphatic heterocycles. The van der Waals surface area contributed by atoms with E-state index in [1.165, 1.54) is 0 Å². The first-order valence-electron chi connectivity index (χ1n) is 6.11. The van der Waals surface area contributed by atoms with Crippen LogP contribution in [0.15, 0.2) is 0 Å². The predicted molar refractivity (Wildman–Crippen MR) is 70.6 cm³/mol. The molecule has 4 atom stereocenters. The second kappa shape index (κ2) is 12.6. The van der Waals surface area contributed by atoms with Crippen LogP contribution in [0.25, 0.3) is 0 Å². The minimum absolute atomic E-state index is 0. The van der Waals surface area contributed by atoms with E-state index >= 15 is 0 Å². The number of carbonyl (C=O) groups excluding carboxylic acids is 2. The Labute approximate surface area is 131 Å². The Hall–Kier alpha value is -0.374. The Kier molecular flexibility index (Phi) is 15.8. The van der Waals surface area contributed by atoms with Crippen molar-refractivity contribution >= 4 is 35.0 Å². The van der Waals surface area contributed by atoms with Crippen LogP contribution in [0, 0.1) is 11.8 Å². The van der Waals surface area contributed by atoms with E-state index in [2.05, 4.69) is 0 Å². The minimum atomic E-state index is -1.16. The molecule has 0 aliphatic carbocycles. The number of carboxylic acids is 2. The molecular formula is C12H24MgN2O4. The van der Waals surface area contributed by atoms with Crippen LogP contribution in [-0.2, 0) is 9.59 Å². The van der Waals surface area contributed by atoms with Gasteiger partial charge in [0.1, 0.15) is 0 Å². The molecule has 0 rings (SSSR count). The summed E-state index contributed by atoms with van der Waals surface area (Å²) < 4.78 is 0. The van der Waals surface area contributed by atoms with Gasteiger partial charge in [-0.15, -0.1) is 0 Å². The summed E-state index contributed by atoms with van der Waals surface area (Å²) in [6.07, 6.45) is 1.55. The quantitative estimate of drug-likeness (QED) is 0.534. The second-order valence-electron chi connectivity index (χ2n) is 4.46. The molecule has 0 amide bonds. The van der Waals surface area contributed by atoms with Crippen molar-refractivity contribution in [1.29, 1.82) is 0 Å². The minimum Gasteiger partial charge on any atom is -0.548 e. The fourth-order valence-electron chi connectivity index (χ4n) is 0.972. The molecule has 0 bridgehead atoms. The van der Waals surface area contributed by atoms with Crippen molar-refractivity contribution in [3.05, 3.63) is 0 Å². The Morgan fingerprint density at radius 1 is 0.895 bits per heavy atom. The average Bonchev–Trinajstić information content (AvgIpc) is 2.35. The Balaban J connectivity index is -0.000000256. The molecule has 0 radical (unpaired) electrons. The van der Waals surface area contributed by atoms with Gasteiger partial charge in [-0.05, 0) is 11.8 Å². The summed E-state index contributed by atoms with van der Waals surface area (Å²) in [5.74, 6) is -2.31. The number of hydrogen-bond donors (Lipinski definition) is 2. The van der Waals surface area contributed by atoms with Crippen LogP contribution in [0.3, 0.4) is 0 Å². The van der Waals surface area contributed by atoms with Crippen LogP contribution in [0.5, 0.6) is 0 Å². The molecule has 7 heteroatoms. The first kappa shape index (κ1) is 23.7. The number of hydrogen-bond acceptors (Lipinski definition) is 6. The van der Waals surface area contributed by atoms with E-state index in [0.717, 1.165) is 12.8 Å². The van der Waals surface area contributed by atoms with Gasteiger partial charge in [-0.3, -0.25) is 0 Å². The predicted octanol–water partition coefficient (Wildman–Crippen LogP) is -2.16. The third kappa shape index (κ3) is 11.2. The molecule has 6 nitrogen and oxygen atoms in total. The van der Waals surface area contributed by atoms with Crippen LogP contribution in [-0.4, -0.2) is 47.1 Å². The van der Waals surface area contributed by atoms with Gasteiger partial charge >= 0.3 is 23.1 Å². The van der Waals surface area contributed by atoms with Crippen molar-refractivity contribution in [3.63, 3.8) is 0 Å². The van der Waals surface area contributed by atoms with E-state index in [1.807, 2.05) is 13.8 Å². The molecule has 0 fully saturated rings. The standard InChI is InChI=1S/2C6H13NO2.Mg/c2*1-3-4(2)5(7)6(8)9;/h2*4-5H,3,7H2,1-2H3,(H,8,9);/q;;+2/p-2/t2*4-,5-;/m00./s1. The zero-order valence-electron chi connectivity index (χ0n) is 12.2. The molecule has 0 unspecified atom stereocenters. The zero-order valence-corrected chi connectivity index (χ0v) is 13.6. The van der Waals surface area contributed by atoms with Crippen molar-refractivity contribution in [2.45, 2.75) is 52.6 Å². The first-order chi connectivity index (χ1) is 8.18. The Morgan fingerprint density at radius 2 is 1.11 bits per heavy atom. The molecule has 0 spiro atoms. The van der Waals surface area contributed by atoms with Crippen LogP contribution >= 0.6 is 0 Å². The molecule has 0 aromatic carbocycles. The van der Waals surface area contributed by atoms with Crippen LogP contribution in [0.4, 0.5) is 0 Å². The summed E-state index contributed by atoms with van der Waals surface area (Å²) in [5, 5.41) is 20.1. The van der Waals surface area contributed by atoms with Gasteiger partial charge in [0.25, 0.3) is 0 Å². The van der Waals surface area contributed by atoms with Crippen LogP contribution < -0.4 is 21.7 Å². The SMILES string of the molecule is CC[C@H](C)[C@H](N)C(=O)[O-].CC[C@H](C)[C@H](N)C(=O)[O-].[Mg+2]. The van der Waals surface area contributed by atoms with E-state index in [1.54, 1.807) is 13.8 Å².